The van der Waals surface area contributed by atoms with Crippen LogP contribution in [0.1, 0.15) is 120 Å². The quantitative estimate of drug-likeness (QED) is 0.0421. The van der Waals surface area contributed by atoms with Gasteiger partial charge in [0.1, 0.15) is 122 Å². The maximum atomic E-state index is 15.3. The highest BCUT2D eigenvalue weighted by Crippen LogP contribution is 2.76. The zero-order chi connectivity index (χ0) is 68.4. The molecule has 540 valence electrons. The summed E-state index contributed by atoms with van der Waals surface area (Å²) < 4.78 is 71.3. The van der Waals surface area contributed by atoms with E-state index in [-0.39, 0.29) is 47.2 Å². The van der Waals surface area contributed by atoms with E-state index in [2.05, 4.69) is 40.7 Å². The molecule has 37 atom stereocenters. The number of aliphatic hydroxyl groups excluding tert-OH is 17. The molecule has 0 aromatic carbocycles. The first-order valence-corrected chi connectivity index (χ1v) is 33.5. The SMILES string of the molecule is C[C@@H]1O[C@@H](O[C@H]2[C@H](O)[C@@H](O)[C@H](OC[C@H]3O[C@@H](OC(=O)[C@]45CCC(C)(C)C[C@H]4C4=CC[C@@H]6[C@@]7(C)CC[C@H](O[C@@H]8OC[C@@H](O)[C@H](O)[C@H]8O[C@@H]8O[C@@H](C)[C@H](O)[C@@H](O[C@@H]9OC[C@@H](O)[C@@H](O)[C@H]9O)[C@H]8O)[C@@](C)(CO)[C@@H]7CC[C@@]6(C)[C@]4(C)CC5)[C@H](O)[C@@H](O)[C@@H]3O)O[C@@H]2CO)[C@H](O)[C@H](O)[C@H]1O. The van der Waals surface area contributed by atoms with Crippen LogP contribution in [0.4, 0.5) is 0 Å². The van der Waals surface area contributed by atoms with Crippen molar-refractivity contribution in [1.82, 2.24) is 0 Å². The first-order valence-electron chi connectivity index (χ1n) is 33.5. The van der Waals surface area contributed by atoms with Crippen LogP contribution in [0, 0.1) is 50.2 Å². The van der Waals surface area contributed by atoms with Crippen molar-refractivity contribution in [2.45, 2.75) is 298 Å². The van der Waals surface area contributed by atoms with Crippen LogP contribution < -0.4 is 0 Å². The Morgan fingerprint density at radius 1 is 0.511 bits per heavy atom. The zero-order valence-corrected chi connectivity index (χ0v) is 54.6. The van der Waals surface area contributed by atoms with E-state index in [1.807, 2.05) is 6.92 Å². The number of ether oxygens (including phenoxy) is 12. The molecule has 11 aliphatic rings. The number of aliphatic hydroxyl groups is 17. The summed E-state index contributed by atoms with van der Waals surface area (Å²) in [4.78, 5) is 15.3. The molecule has 0 radical (unpaired) electrons. The molecule has 30 nitrogen and oxygen atoms in total. The molecule has 4 saturated carbocycles. The van der Waals surface area contributed by atoms with E-state index in [1.54, 1.807) is 0 Å². The summed E-state index contributed by atoms with van der Waals surface area (Å²) in [6.45, 7) is 13.7. The third-order valence-corrected chi connectivity index (χ3v) is 24.9. The summed E-state index contributed by atoms with van der Waals surface area (Å²) in [5.74, 6) is -1.01. The van der Waals surface area contributed by atoms with Gasteiger partial charge in [0, 0.05) is 5.41 Å². The standard InChI is InChI=1S/C64H104O30/c1-25-36(69)41(74)45(78)54(86-25)91-49-31(20-65)88-52(47(80)43(49)76)85-23-32-40(73)42(75)46(79)55(89-32)94-58(82)64-17-15-59(3,4)19-28(64)27-9-10-34-60(5)13-12-35(61(6,24-66)33(60)11-14-63(34,8)62(27,7)16-18-64)90-57-51(39(72)30(68)22-84-57)93-56-48(81)50(37(70)26(2)87-56)92-53-44(77)38(71)29(67)21-83-53/h9,25-26,28-57,65-81H,10-24H2,1-8H3/t25-,26-,28-,29+,30+,31+,32+,33+,34+,35-,36-,37-,38+,39-,40+,41+,42-,43+,44+,45+,46+,47+,48+,49+,50+,51+,52+,53-,54-,55-,56-,57-,60-,61-,62+,63+,64-/m0/s1. The van der Waals surface area contributed by atoms with Crippen molar-refractivity contribution in [1.29, 1.82) is 0 Å². The van der Waals surface area contributed by atoms with E-state index < -0.39 is 220 Å². The van der Waals surface area contributed by atoms with E-state index in [9.17, 15) is 86.8 Å². The van der Waals surface area contributed by atoms with Crippen molar-refractivity contribution < 1.29 is 148 Å². The van der Waals surface area contributed by atoms with Gasteiger partial charge in [0.2, 0.25) is 6.29 Å². The van der Waals surface area contributed by atoms with E-state index in [0.717, 1.165) is 12.0 Å². The first kappa shape index (κ1) is 73.3. The van der Waals surface area contributed by atoms with Gasteiger partial charge in [0.25, 0.3) is 0 Å². The second kappa shape index (κ2) is 27.5. The highest BCUT2D eigenvalue weighted by Gasteiger charge is 2.71. The Hall–Kier alpha value is -1.91. The largest absolute Gasteiger partial charge is 0.432 e. The lowest BCUT2D eigenvalue weighted by Gasteiger charge is -2.71. The summed E-state index contributed by atoms with van der Waals surface area (Å²) in [5.41, 5.74) is -2.22. The lowest BCUT2D eigenvalue weighted by Crippen LogP contribution is -2.67. The van der Waals surface area contributed by atoms with Gasteiger partial charge in [-0.05, 0) is 117 Å². The molecule has 0 bridgehead atoms. The van der Waals surface area contributed by atoms with Crippen molar-refractivity contribution >= 4 is 5.97 Å². The molecule has 6 aliphatic heterocycles. The number of allylic oxidation sites excluding steroid dienone is 2. The van der Waals surface area contributed by atoms with Gasteiger partial charge in [0.05, 0.1) is 56.8 Å². The Bertz CT molecular complexity index is 2640. The van der Waals surface area contributed by atoms with E-state index in [1.165, 1.54) is 13.8 Å². The van der Waals surface area contributed by atoms with Crippen molar-refractivity contribution in [2.24, 2.45) is 50.2 Å². The van der Waals surface area contributed by atoms with Crippen molar-refractivity contribution in [2.75, 3.05) is 33.0 Å². The van der Waals surface area contributed by atoms with Crippen LogP contribution in [0.3, 0.4) is 0 Å². The van der Waals surface area contributed by atoms with Gasteiger partial charge in [-0.1, -0.05) is 53.2 Å². The Balaban J connectivity index is 0.771. The van der Waals surface area contributed by atoms with Crippen LogP contribution in [-0.4, -0.2) is 304 Å². The van der Waals surface area contributed by atoms with Gasteiger partial charge in [-0.25, -0.2) is 0 Å². The fraction of sp³-hybridized carbons (Fsp3) is 0.953. The lowest BCUT2D eigenvalue weighted by molar-refractivity contribution is -0.379. The minimum atomic E-state index is -1.92. The van der Waals surface area contributed by atoms with Gasteiger partial charge in [-0.3, -0.25) is 4.79 Å². The van der Waals surface area contributed by atoms with E-state index >= 15 is 4.79 Å². The second-order valence-corrected chi connectivity index (χ2v) is 30.8. The molecule has 6 heterocycles. The van der Waals surface area contributed by atoms with Gasteiger partial charge in [0.15, 0.2) is 31.5 Å². The number of fused-ring (bicyclic) bond motifs is 7. The molecule has 17 N–H and O–H groups in total. The molecule has 0 unspecified atom stereocenters. The number of esters is 1. The van der Waals surface area contributed by atoms with E-state index in [4.69, 9.17) is 56.8 Å². The van der Waals surface area contributed by atoms with E-state index in [0.29, 0.717) is 57.8 Å². The summed E-state index contributed by atoms with van der Waals surface area (Å²) in [5, 5.41) is 185. The third kappa shape index (κ3) is 12.5. The molecule has 0 aromatic rings. The van der Waals surface area contributed by atoms with Crippen molar-refractivity contribution in [3.05, 3.63) is 11.6 Å². The molecule has 11 rings (SSSR count). The van der Waals surface area contributed by atoms with Crippen LogP contribution in [0.2, 0.25) is 0 Å². The summed E-state index contributed by atoms with van der Waals surface area (Å²) in [6.07, 6.45) is -37.4. The van der Waals surface area contributed by atoms with Crippen LogP contribution in [0.15, 0.2) is 11.6 Å². The molecule has 10 fully saturated rings. The number of carbonyl (C=O) groups is 1. The first-order chi connectivity index (χ1) is 44.1. The van der Waals surface area contributed by atoms with Crippen LogP contribution in [0.5, 0.6) is 0 Å². The number of hydrogen-bond acceptors (Lipinski definition) is 30. The van der Waals surface area contributed by atoms with Gasteiger partial charge in [-0.2, -0.15) is 0 Å². The average molecular weight is 1350 g/mol. The highest BCUT2D eigenvalue weighted by atomic mass is 16.8. The normalized spacial score (nSPS) is 55.3. The van der Waals surface area contributed by atoms with Crippen LogP contribution >= 0.6 is 0 Å². The zero-order valence-electron chi connectivity index (χ0n) is 54.6. The minimum absolute atomic E-state index is 0.0747. The Kier molecular flexibility index (Phi) is 21.4. The molecule has 6 saturated heterocycles. The Morgan fingerprint density at radius 3 is 1.77 bits per heavy atom. The smallest absolute Gasteiger partial charge is 0.315 e. The summed E-state index contributed by atoms with van der Waals surface area (Å²) >= 11 is 0. The van der Waals surface area contributed by atoms with Crippen LogP contribution in [0.25, 0.3) is 0 Å². The number of hydrogen-bond donors (Lipinski definition) is 17. The molecule has 0 amide bonds. The predicted octanol–water partition coefficient (Wildman–Crippen LogP) is -4.08. The average Bonchev–Trinajstić information content (AvgIpc) is 0.676. The number of rotatable bonds is 15. The number of carbonyl (C=O) groups excluding carboxylic acids is 1. The lowest BCUT2D eigenvalue weighted by atomic mass is 9.33. The van der Waals surface area contributed by atoms with Crippen molar-refractivity contribution in [3.8, 4) is 0 Å². The molecule has 94 heavy (non-hydrogen) atoms. The fourth-order valence-corrected chi connectivity index (χ4v) is 18.7. The van der Waals surface area contributed by atoms with Gasteiger partial charge < -0.3 is 144 Å². The molecule has 30 heteroatoms. The monoisotopic (exact) mass is 1350 g/mol. The maximum absolute atomic E-state index is 15.3. The maximum Gasteiger partial charge on any atom is 0.315 e. The Labute approximate surface area is 545 Å². The van der Waals surface area contributed by atoms with Crippen LogP contribution in [-0.2, 0) is 61.6 Å². The second-order valence-electron chi connectivity index (χ2n) is 30.8. The molecule has 0 aromatic heterocycles. The highest BCUT2D eigenvalue weighted by molar-refractivity contribution is 5.79. The third-order valence-electron chi connectivity index (χ3n) is 24.9. The van der Waals surface area contributed by atoms with Gasteiger partial charge >= 0.3 is 5.97 Å². The van der Waals surface area contributed by atoms with Gasteiger partial charge in [-0.15, -0.1) is 0 Å². The fourth-order valence-electron chi connectivity index (χ4n) is 18.7. The van der Waals surface area contributed by atoms with Crippen molar-refractivity contribution in [3.63, 3.8) is 0 Å². The summed E-state index contributed by atoms with van der Waals surface area (Å²) in [6, 6.07) is 0. The molecule has 0 spiro atoms. The molecular weight excluding hydrogens is 1250 g/mol. The summed E-state index contributed by atoms with van der Waals surface area (Å²) in [7, 11) is 0. The Morgan fingerprint density at radius 2 is 1.09 bits per heavy atom. The minimum Gasteiger partial charge on any atom is -0.432 e. The molecule has 5 aliphatic carbocycles. The molecular formula is C64H104O30. The predicted molar refractivity (Wildman–Crippen MR) is 315 cm³/mol. The topological polar surface area (TPSA) is 472 Å².